The van der Waals surface area contributed by atoms with Crippen LogP contribution in [0.25, 0.3) is 0 Å². The lowest BCUT2D eigenvalue weighted by atomic mass is 9.93. The zero-order valence-corrected chi connectivity index (χ0v) is 65.0. The summed E-state index contributed by atoms with van der Waals surface area (Å²) in [5, 5.41) is 23.5. The molecular weight excluding hydrogens is 1280 g/mol. The Kier molecular flexibility index (Phi) is 38.9. The predicted molar refractivity (Wildman–Crippen MR) is 385 cm³/mol. The first-order valence-electron chi connectivity index (χ1n) is 36.3. The molecule has 2 aliphatic rings. The fourth-order valence-electron chi connectivity index (χ4n) is 13.0. The van der Waals surface area contributed by atoms with E-state index < -0.39 is 168 Å². The number of aliphatic hydroxyl groups excluding tert-OH is 1. The monoisotopic (exact) mass is 1410 g/mol. The fraction of sp³-hybridized carbons (Fsp3) is 0.795. The van der Waals surface area contributed by atoms with Gasteiger partial charge in [-0.05, 0) is 109 Å². The van der Waals surface area contributed by atoms with Gasteiger partial charge in [0.2, 0.25) is 65.0 Å². The molecule has 0 aromatic heterocycles. The van der Waals surface area contributed by atoms with Crippen molar-refractivity contribution in [2.24, 2.45) is 35.5 Å². The van der Waals surface area contributed by atoms with Crippen LogP contribution in [0, 0.1) is 35.5 Å². The standard InChI is InChI=1S/C73H130N12O15/c1-25-31-49(15)62(86)61-66(90)76-53(28-4)68(92)85(32-26-2)57(43-99-36-27-3)71(95)82(23)60(52(18)100-37-30-29-33-84-34-38-98-39-35-84)65(89)77-58(47(11)12)72(96)78(19)54(40-44(5)6)64(88)74-50(16)63(87)75-51(17)67(91)79(20)55(41-45(7)8)69(93)80(21)56(42-46(9)10)70(94)81(22)59(48(13)14)73(97)83(61)24/h25,27,31,44-62,86H,3,26,28-30,32-43H2,1-2,4-24H3,(H,74,88)(H,75,87)(H,76,90)(H,77,89)/b31-25+/t49-,50+,51-,52-,53+,54+,55+,56+,57-,58+,59+,60?,61+,62-/m1/s1. The number of hydrogen-bond acceptors (Lipinski definition) is 16. The maximum atomic E-state index is 15.7. The van der Waals surface area contributed by atoms with Gasteiger partial charge in [0.1, 0.15) is 66.5 Å². The zero-order valence-electron chi connectivity index (χ0n) is 65.0. The normalized spacial score (nSPS) is 26.8. The average molecular weight is 1420 g/mol. The first-order chi connectivity index (χ1) is 46.8. The van der Waals surface area contributed by atoms with Crippen LogP contribution in [0.3, 0.4) is 0 Å². The molecule has 1 unspecified atom stereocenters. The molecule has 100 heavy (non-hydrogen) atoms. The quantitative estimate of drug-likeness (QED) is 0.0643. The Balaban J connectivity index is 3.16. The van der Waals surface area contributed by atoms with Crippen molar-refractivity contribution in [3.05, 3.63) is 24.8 Å². The molecular formula is C73H130N12O15. The van der Waals surface area contributed by atoms with Crippen LogP contribution >= 0.6 is 0 Å². The Labute approximate surface area is 598 Å². The van der Waals surface area contributed by atoms with Gasteiger partial charge in [0.15, 0.2) is 0 Å². The minimum atomic E-state index is -1.70. The van der Waals surface area contributed by atoms with Crippen LogP contribution in [0.15, 0.2) is 24.8 Å². The summed E-state index contributed by atoms with van der Waals surface area (Å²) in [5.41, 5.74) is 0. The molecule has 572 valence electrons. The second-order valence-electron chi connectivity index (χ2n) is 29.4. The minimum absolute atomic E-state index is 0.0511. The summed E-state index contributed by atoms with van der Waals surface area (Å²) >= 11 is 0. The molecule has 0 aliphatic carbocycles. The maximum absolute atomic E-state index is 15.7. The molecule has 27 nitrogen and oxygen atoms in total. The Morgan fingerprint density at radius 2 is 1.03 bits per heavy atom. The van der Waals surface area contributed by atoms with E-state index in [0.717, 1.165) is 31.0 Å². The van der Waals surface area contributed by atoms with E-state index in [1.807, 2.05) is 41.5 Å². The molecule has 14 atom stereocenters. The molecule has 0 bridgehead atoms. The number of ether oxygens (including phenoxy) is 3. The van der Waals surface area contributed by atoms with Crippen molar-refractivity contribution in [3.63, 3.8) is 0 Å². The van der Waals surface area contributed by atoms with E-state index in [1.54, 1.807) is 74.5 Å². The first kappa shape index (κ1) is 89.5. The van der Waals surface area contributed by atoms with Crippen molar-refractivity contribution in [3.8, 4) is 0 Å². The van der Waals surface area contributed by atoms with Crippen LogP contribution in [0.4, 0.5) is 0 Å². The number of morpholine rings is 1. The summed E-state index contributed by atoms with van der Waals surface area (Å²) in [7, 11) is 8.49. The molecule has 0 radical (unpaired) electrons. The number of hydrogen-bond donors (Lipinski definition) is 5. The van der Waals surface area contributed by atoms with Gasteiger partial charge in [-0.3, -0.25) is 57.6 Å². The van der Waals surface area contributed by atoms with Crippen LogP contribution < -0.4 is 21.3 Å². The number of carbonyl (C=O) groups is 11. The largest absolute Gasteiger partial charge is 0.390 e. The summed E-state index contributed by atoms with van der Waals surface area (Å²) < 4.78 is 18.0. The molecule has 5 N–H and O–H groups in total. The number of amides is 11. The molecule has 0 aromatic rings. The van der Waals surface area contributed by atoms with Crippen molar-refractivity contribution >= 4 is 65.0 Å². The van der Waals surface area contributed by atoms with Crippen LogP contribution in [-0.4, -0.2) is 289 Å². The van der Waals surface area contributed by atoms with Gasteiger partial charge >= 0.3 is 0 Å². The van der Waals surface area contributed by atoms with E-state index in [-0.39, 0.29) is 63.2 Å². The highest BCUT2D eigenvalue weighted by Crippen LogP contribution is 2.26. The minimum Gasteiger partial charge on any atom is -0.390 e. The molecule has 0 spiro atoms. The number of carbonyl (C=O) groups excluding carboxylic acids is 11. The van der Waals surface area contributed by atoms with Gasteiger partial charge in [-0.2, -0.15) is 0 Å². The van der Waals surface area contributed by atoms with Gasteiger partial charge in [0.05, 0.1) is 38.6 Å². The van der Waals surface area contributed by atoms with Gasteiger partial charge in [-0.1, -0.05) is 108 Å². The molecule has 0 saturated carbocycles. The molecule has 2 aliphatic heterocycles. The number of nitrogens with zero attached hydrogens (tertiary/aromatic N) is 8. The Bertz CT molecular complexity index is 2710. The van der Waals surface area contributed by atoms with Gasteiger partial charge in [0.25, 0.3) is 0 Å². The molecule has 2 rings (SSSR count). The zero-order chi connectivity index (χ0) is 76.3. The average Bonchev–Trinajstić information content (AvgIpc) is 0.807. The lowest BCUT2D eigenvalue weighted by Gasteiger charge is -2.41. The summed E-state index contributed by atoms with van der Waals surface area (Å²) in [6.07, 6.45) is 4.13. The number of aliphatic hydroxyl groups is 1. The number of rotatable bonds is 25. The second kappa shape index (κ2) is 43.4. The molecule has 2 saturated heterocycles. The third-order valence-corrected chi connectivity index (χ3v) is 18.9. The number of likely N-dealkylation sites (N-methyl/N-ethyl adjacent to an activating group) is 6. The van der Waals surface area contributed by atoms with E-state index in [0.29, 0.717) is 26.1 Å². The van der Waals surface area contributed by atoms with Crippen molar-refractivity contribution in [2.45, 2.75) is 241 Å². The molecule has 11 amide bonds. The number of unbranched alkanes of at least 4 members (excludes halogenated alkanes) is 1. The van der Waals surface area contributed by atoms with Gasteiger partial charge in [-0.15, -0.1) is 6.58 Å². The third kappa shape index (κ3) is 25.8. The van der Waals surface area contributed by atoms with Crippen molar-refractivity contribution < 1.29 is 72.1 Å². The van der Waals surface area contributed by atoms with Crippen molar-refractivity contribution in [2.75, 3.05) is 101 Å². The van der Waals surface area contributed by atoms with E-state index in [1.165, 1.54) is 91.6 Å². The summed E-state index contributed by atoms with van der Waals surface area (Å²) in [4.78, 5) is 177. The lowest BCUT2D eigenvalue weighted by Crippen LogP contribution is -2.65. The van der Waals surface area contributed by atoms with Crippen LogP contribution in [0.5, 0.6) is 0 Å². The first-order valence-corrected chi connectivity index (χ1v) is 36.3. The molecule has 27 heteroatoms. The topological polar surface area (TPSA) is 310 Å². The molecule has 2 heterocycles. The predicted octanol–water partition coefficient (Wildman–Crippen LogP) is 3.70. The number of nitrogens with one attached hydrogen (secondary N) is 4. The van der Waals surface area contributed by atoms with E-state index in [4.69, 9.17) is 14.2 Å². The maximum Gasteiger partial charge on any atom is 0.248 e. The SMILES string of the molecule is C=CCOC[C@@H]1C(=O)N(C)C([C@@H](C)OCCCCN2CCOCC2)C(=O)N[C@@H](C(C)C)C(=O)N(C)[C@@H](CC(C)C)C(=O)N[C@@H](C)C(=O)N[C@H](C)C(=O)N(C)[C@@H](CC(C)C)C(=O)N(C)[C@@H](CC(C)C)C(=O)N(C)[C@@H](C(C)C)C(=O)N(C)[C@@H]([C@H](O)[C@H](C)/C=C/C)C(=O)N[C@@H](CC)C(=O)N1CCC. The van der Waals surface area contributed by atoms with Crippen LogP contribution in [0.2, 0.25) is 0 Å². The third-order valence-electron chi connectivity index (χ3n) is 18.9. The van der Waals surface area contributed by atoms with Crippen molar-refractivity contribution in [1.82, 2.24) is 60.5 Å². The van der Waals surface area contributed by atoms with Crippen LogP contribution in [-0.2, 0) is 67.0 Å². The Morgan fingerprint density at radius 3 is 1.54 bits per heavy atom. The van der Waals surface area contributed by atoms with E-state index in [2.05, 4.69) is 32.7 Å². The van der Waals surface area contributed by atoms with E-state index in [9.17, 15) is 19.5 Å². The summed E-state index contributed by atoms with van der Waals surface area (Å²) in [6.45, 7) is 36.5. The Morgan fingerprint density at radius 1 is 0.540 bits per heavy atom. The summed E-state index contributed by atoms with van der Waals surface area (Å²) in [5.74, 6) is -10.5. The van der Waals surface area contributed by atoms with Gasteiger partial charge in [-0.25, -0.2) is 0 Å². The molecule has 0 aromatic carbocycles. The van der Waals surface area contributed by atoms with Gasteiger partial charge < -0.3 is 74.9 Å². The number of allylic oxidation sites excluding steroid dienone is 1. The Hall–Kier alpha value is -6.55. The smallest absolute Gasteiger partial charge is 0.248 e. The van der Waals surface area contributed by atoms with E-state index >= 15 is 38.4 Å². The van der Waals surface area contributed by atoms with Gasteiger partial charge in [0, 0.05) is 74.4 Å². The summed E-state index contributed by atoms with van der Waals surface area (Å²) in [6, 6.07) is -14.7. The second-order valence-corrected chi connectivity index (χ2v) is 29.4. The fourth-order valence-corrected chi connectivity index (χ4v) is 13.0. The highest BCUT2D eigenvalue weighted by Gasteiger charge is 2.47. The highest BCUT2D eigenvalue weighted by atomic mass is 16.5. The highest BCUT2D eigenvalue weighted by molar-refractivity contribution is 6.00. The van der Waals surface area contributed by atoms with Crippen LogP contribution in [0.1, 0.15) is 163 Å². The lowest BCUT2D eigenvalue weighted by molar-refractivity contribution is -0.158. The van der Waals surface area contributed by atoms with Crippen molar-refractivity contribution in [1.29, 1.82) is 0 Å². The molecule has 2 fully saturated rings.